The van der Waals surface area contributed by atoms with Crippen molar-refractivity contribution in [3.8, 4) is 16.8 Å². The van der Waals surface area contributed by atoms with Gasteiger partial charge in [-0.2, -0.15) is 0 Å². The maximum atomic E-state index is 4.64. The molecule has 5 aromatic rings. The molecule has 0 saturated carbocycles. The third-order valence-corrected chi connectivity index (χ3v) is 5.90. The molecule has 0 amide bonds. The third-order valence-electron chi connectivity index (χ3n) is 5.90. The number of hydrogen-bond acceptors (Lipinski definition) is 1. The summed E-state index contributed by atoms with van der Waals surface area (Å²) in [5, 5.41) is 1.17. The van der Waals surface area contributed by atoms with Crippen molar-refractivity contribution in [1.82, 2.24) is 9.55 Å². The largest absolute Gasteiger partial charge is 0.308 e. The molecule has 150 valence electrons. The van der Waals surface area contributed by atoms with Crippen molar-refractivity contribution in [3.05, 3.63) is 115 Å². The SMILES string of the molecule is C=CC(=C)c1cc(CC)cc(-c2ccc(-n3c4ccccc4c4ncccc43)cc2)c1. The molecule has 5 rings (SSSR count). The maximum absolute atomic E-state index is 4.64. The Kier molecular flexibility index (Phi) is 4.76. The summed E-state index contributed by atoms with van der Waals surface area (Å²) in [4.78, 5) is 4.64. The van der Waals surface area contributed by atoms with Crippen LogP contribution in [0.15, 0.2) is 104 Å². The number of fused-ring (bicyclic) bond motifs is 3. The van der Waals surface area contributed by atoms with Crippen LogP contribution in [-0.4, -0.2) is 9.55 Å². The van der Waals surface area contributed by atoms with Gasteiger partial charge in [0.1, 0.15) is 0 Å². The van der Waals surface area contributed by atoms with Gasteiger partial charge < -0.3 is 4.57 Å². The van der Waals surface area contributed by atoms with E-state index < -0.39 is 0 Å². The van der Waals surface area contributed by atoms with Crippen LogP contribution in [0, 0.1) is 0 Å². The summed E-state index contributed by atoms with van der Waals surface area (Å²) in [6, 6.07) is 28.0. The molecule has 0 N–H and O–H groups in total. The Morgan fingerprint density at radius 3 is 2.45 bits per heavy atom. The lowest BCUT2D eigenvalue weighted by Gasteiger charge is -2.12. The lowest BCUT2D eigenvalue weighted by molar-refractivity contribution is 1.14. The Labute approximate surface area is 182 Å². The van der Waals surface area contributed by atoms with Crippen molar-refractivity contribution in [3.63, 3.8) is 0 Å². The van der Waals surface area contributed by atoms with Gasteiger partial charge in [-0.25, -0.2) is 0 Å². The lowest BCUT2D eigenvalue weighted by Crippen LogP contribution is -1.94. The average molecular weight is 401 g/mol. The molecule has 0 unspecified atom stereocenters. The first-order valence-electron chi connectivity index (χ1n) is 10.6. The molecule has 0 spiro atoms. The summed E-state index contributed by atoms with van der Waals surface area (Å²) in [5.74, 6) is 0. The van der Waals surface area contributed by atoms with Gasteiger partial charge in [-0.1, -0.05) is 68.6 Å². The molecular weight excluding hydrogens is 376 g/mol. The number of hydrogen-bond donors (Lipinski definition) is 0. The zero-order valence-electron chi connectivity index (χ0n) is 17.7. The molecule has 2 nitrogen and oxygen atoms in total. The number of para-hydroxylation sites is 1. The zero-order chi connectivity index (χ0) is 21.4. The fourth-order valence-electron chi connectivity index (χ4n) is 4.23. The highest BCUT2D eigenvalue weighted by atomic mass is 15.0. The molecule has 0 aliphatic heterocycles. The number of benzene rings is 3. The molecule has 0 atom stereocenters. The summed E-state index contributed by atoms with van der Waals surface area (Å²) in [6.45, 7) is 10.2. The Balaban J connectivity index is 1.64. The van der Waals surface area contributed by atoms with Crippen molar-refractivity contribution < 1.29 is 0 Å². The molecule has 2 heterocycles. The summed E-state index contributed by atoms with van der Waals surface area (Å²) in [6.07, 6.45) is 4.66. The average Bonchev–Trinajstić information content (AvgIpc) is 3.18. The van der Waals surface area contributed by atoms with E-state index in [0.717, 1.165) is 34.3 Å². The van der Waals surface area contributed by atoms with Crippen molar-refractivity contribution >= 4 is 27.5 Å². The summed E-state index contributed by atoms with van der Waals surface area (Å²) in [5.41, 5.74) is 10.2. The molecular formula is C29H24N2. The molecule has 2 aromatic heterocycles. The molecule has 31 heavy (non-hydrogen) atoms. The molecule has 0 aliphatic carbocycles. The van der Waals surface area contributed by atoms with Crippen LogP contribution in [0.5, 0.6) is 0 Å². The summed E-state index contributed by atoms with van der Waals surface area (Å²) in [7, 11) is 0. The number of nitrogens with zero attached hydrogens (tertiary/aromatic N) is 2. The second-order valence-electron chi connectivity index (χ2n) is 7.77. The predicted octanol–water partition coefficient (Wildman–Crippen LogP) is 7.61. The monoisotopic (exact) mass is 400 g/mol. The van der Waals surface area contributed by atoms with Crippen LogP contribution in [0.3, 0.4) is 0 Å². The highest BCUT2D eigenvalue weighted by molar-refractivity contribution is 6.06. The quantitative estimate of drug-likeness (QED) is 0.278. The number of pyridine rings is 1. The fourth-order valence-corrected chi connectivity index (χ4v) is 4.23. The Morgan fingerprint density at radius 2 is 1.68 bits per heavy atom. The van der Waals surface area contributed by atoms with Gasteiger partial charge in [0.15, 0.2) is 0 Å². The summed E-state index contributed by atoms with van der Waals surface area (Å²) < 4.78 is 2.29. The number of rotatable bonds is 5. The molecule has 2 heteroatoms. The molecule has 3 aromatic carbocycles. The summed E-state index contributed by atoms with van der Waals surface area (Å²) >= 11 is 0. The second-order valence-corrected chi connectivity index (χ2v) is 7.77. The topological polar surface area (TPSA) is 17.8 Å². The van der Waals surface area contributed by atoms with Gasteiger partial charge in [-0.3, -0.25) is 4.98 Å². The van der Waals surface area contributed by atoms with E-state index in [4.69, 9.17) is 0 Å². The lowest BCUT2D eigenvalue weighted by atomic mass is 9.95. The van der Waals surface area contributed by atoms with Crippen molar-refractivity contribution in [2.45, 2.75) is 13.3 Å². The van der Waals surface area contributed by atoms with E-state index in [0.29, 0.717) is 0 Å². The van der Waals surface area contributed by atoms with Gasteiger partial charge in [0.2, 0.25) is 0 Å². The van der Waals surface area contributed by atoms with E-state index in [9.17, 15) is 0 Å². The van der Waals surface area contributed by atoms with E-state index in [2.05, 4.69) is 102 Å². The van der Waals surface area contributed by atoms with Crippen molar-refractivity contribution in [2.24, 2.45) is 0 Å². The highest BCUT2D eigenvalue weighted by Gasteiger charge is 2.12. The van der Waals surface area contributed by atoms with Crippen LogP contribution >= 0.6 is 0 Å². The number of allylic oxidation sites excluding steroid dienone is 2. The van der Waals surface area contributed by atoms with Crippen LogP contribution in [-0.2, 0) is 6.42 Å². The second kappa shape index (κ2) is 7.73. The third kappa shape index (κ3) is 3.27. The first-order chi connectivity index (χ1) is 15.2. The van der Waals surface area contributed by atoms with E-state index in [1.807, 2.05) is 18.3 Å². The van der Waals surface area contributed by atoms with Crippen LogP contribution < -0.4 is 0 Å². The maximum Gasteiger partial charge on any atom is 0.0963 e. The van der Waals surface area contributed by atoms with Gasteiger partial charge in [-0.15, -0.1) is 0 Å². The normalized spacial score (nSPS) is 11.1. The van der Waals surface area contributed by atoms with Gasteiger partial charge in [-0.05, 0) is 70.6 Å². The highest BCUT2D eigenvalue weighted by Crippen LogP contribution is 2.32. The van der Waals surface area contributed by atoms with Crippen molar-refractivity contribution in [1.29, 1.82) is 0 Å². The van der Waals surface area contributed by atoms with Crippen LogP contribution in [0.25, 0.3) is 44.3 Å². The molecule has 0 bridgehead atoms. The zero-order valence-corrected chi connectivity index (χ0v) is 17.7. The Hall–Kier alpha value is -3.91. The molecule has 0 aliphatic rings. The standard InChI is InChI=1S/C29H24N2/c1-4-20(3)23-17-21(5-2)18-24(19-23)22-12-14-25(15-13-22)31-27-10-7-6-9-26(27)29-28(31)11-8-16-30-29/h4,6-19H,1,3,5H2,2H3. The smallest absolute Gasteiger partial charge is 0.0963 e. The minimum Gasteiger partial charge on any atom is -0.308 e. The van der Waals surface area contributed by atoms with Crippen LogP contribution in [0.2, 0.25) is 0 Å². The Bertz CT molecular complexity index is 1380. The van der Waals surface area contributed by atoms with Crippen molar-refractivity contribution in [2.75, 3.05) is 0 Å². The van der Waals surface area contributed by atoms with E-state index in [-0.39, 0.29) is 0 Å². The number of aromatic nitrogens is 2. The minimum atomic E-state index is 0.950. The van der Waals surface area contributed by atoms with Gasteiger partial charge >= 0.3 is 0 Å². The van der Waals surface area contributed by atoms with Gasteiger partial charge in [0.05, 0.1) is 16.6 Å². The molecule has 0 saturated heterocycles. The first-order valence-corrected chi connectivity index (χ1v) is 10.6. The minimum absolute atomic E-state index is 0.950. The first kappa shape index (κ1) is 19.1. The van der Waals surface area contributed by atoms with Crippen LogP contribution in [0.1, 0.15) is 18.1 Å². The molecule has 0 fully saturated rings. The predicted molar refractivity (Wildman–Crippen MR) is 133 cm³/mol. The van der Waals surface area contributed by atoms with Crippen LogP contribution in [0.4, 0.5) is 0 Å². The van der Waals surface area contributed by atoms with E-state index in [1.54, 1.807) is 0 Å². The molecule has 0 radical (unpaired) electrons. The van der Waals surface area contributed by atoms with E-state index in [1.165, 1.54) is 27.6 Å². The van der Waals surface area contributed by atoms with E-state index >= 15 is 0 Å². The van der Waals surface area contributed by atoms with Gasteiger partial charge in [0.25, 0.3) is 0 Å². The fraction of sp³-hybridized carbons (Fsp3) is 0.0690. The number of aryl methyl sites for hydroxylation is 1. The van der Waals surface area contributed by atoms with Gasteiger partial charge in [0, 0.05) is 17.3 Å². The Morgan fingerprint density at radius 1 is 0.903 bits per heavy atom.